The molecule has 0 aliphatic heterocycles. The van der Waals surface area contributed by atoms with Gasteiger partial charge in [-0.1, -0.05) is 19.9 Å². The number of rotatable bonds is 6. The lowest BCUT2D eigenvalue weighted by atomic mass is 9.89. The van der Waals surface area contributed by atoms with Gasteiger partial charge in [-0.2, -0.15) is 0 Å². The Labute approximate surface area is 105 Å². The van der Waals surface area contributed by atoms with Gasteiger partial charge in [0.2, 0.25) is 0 Å². The SMILES string of the molecule is CC(C)(CNCc1ccc(F)cc1F)CC(=O)O. The van der Waals surface area contributed by atoms with Gasteiger partial charge in [0.05, 0.1) is 6.42 Å². The van der Waals surface area contributed by atoms with Crippen molar-refractivity contribution in [3.63, 3.8) is 0 Å². The molecule has 0 aromatic heterocycles. The van der Waals surface area contributed by atoms with Gasteiger partial charge in [-0.15, -0.1) is 0 Å². The Kier molecular flexibility index (Phi) is 4.78. The van der Waals surface area contributed by atoms with Crippen LogP contribution in [0.5, 0.6) is 0 Å². The molecular formula is C13H17F2NO2. The summed E-state index contributed by atoms with van der Waals surface area (Å²) in [6.07, 6.45) is 0.0336. The maximum absolute atomic E-state index is 13.3. The summed E-state index contributed by atoms with van der Waals surface area (Å²) in [5.74, 6) is -2.07. The van der Waals surface area contributed by atoms with Crippen molar-refractivity contribution in [2.75, 3.05) is 6.54 Å². The fraction of sp³-hybridized carbons (Fsp3) is 0.462. The van der Waals surface area contributed by atoms with E-state index in [1.807, 2.05) is 13.8 Å². The van der Waals surface area contributed by atoms with Crippen LogP contribution >= 0.6 is 0 Å². The summed E-state index contributed by atoms with van der Waals surface area (Å²) in [4.78, 5) is 10.6. The van der Waals surface area contributed by atoms with E-state index in [4.69, 9.17) is 5.11 Å². The largest absolute Gasteiger partial charge is 0.481 e. The minimum atomic E-state index is -0.866. The zero-order valence-corrected chi connectivity index (χ0v) is 10.5. The summed E-state index contributed by atoms with van der Waals surface area (Å²) in [6, 6.07) is 3.41. The average molecular weight is 257 g/mol. The van der Waals surface area contributed by atoms with Gasteiger partial charge in [-0.3, -0.25) is 4.79 Å². The van der Waals surface area contributed by atoms with E-state index in [-0.39, 0.29) is 13.0 Å². The molecule has 18 heavy (non-hydrogen) atoms. The monoisotopic (exact) mass is 257 g/mol. The number of nitrogens with one attached hydrogen (secondary N) is 1. The minimum absolute atomic E-state index is 0.0336. The Morgan fingerprint density at radius 1 is 1.39 bits per heavy atom. The first-order chi connectivity index (χ1) is 8.30. The number of aliphatic carboxylic acids is 1. The first-order valence-electron chi connectivity index (χ1n) is 5.67. The molecule has 0 bridgehead atoms. The van der Waals surface area contributed by atoms with Gasteiger partial charge < -0.3 is 10.4 Å². The quantitative estimate of drug-likeness (QED) is 0.823. The van der Waals surface area contributed by atoms with Crippen LogP contribution in [0, 0.1) is 17.0 Å². The normalized spacial score (nSPS) is 11.6. The highest BCUT2D eigenvalue weighted by Crippen LogP contribution is 2.19. The molecule has 1 aromatic rings. The van der Waals surface area contributed by atoms with Crippen molar-refractivity contribution in [1.29, 1.82) is 0 Å². The minimum Gasteiger partial charge on any atom is -0.481 e. The molecule has 0 radical (unpaired) electrons. The van der Waals surface area contributed by atoms with Crippen molar-refractivity contribution in [3.05, 3.63) is 35.4 Å². The van der Waals surface area contributed by atoms with Crippen LogP contribution in [0.2, 0.25) is 0 Å². The number of hydrogen-bond acceptors (Lipinski definition) is 2. The van der Waals surface area contributed by atoms with Crippen molar-refractivity contribution >= 4 is 5.97 Å². The molecule has 1 aromatic carbocycles. The number of hydrogen-bond donors (Lipinski definition) is 2. The molecule has 0 spiro atoms. The topological polar surface area (TPSA) is 49.3 Å². The maximum atomic E-state index is 13.3. The molecule has 1 rings (SSSR count). The molecule has 2 N–H and O–H groups in total. The fourth-order valence-electron chi connectivity index (χ4n) is 1.67. The molecule has 0 unspecified atom stereocenters. The van der Waals surface area contributed by atoms with Crippen LogP contribution in [0.25, 0.3) is 0 Å². The van der Waals surface area contributed by atoms with Crippen LogP contribution in [0.3, 0.4) is 0 Å². The van der Waals surface area contributed by atoms with E-state index >= 15 is 0 Å². The summed E-state index contributed by atoms with van der Waals surface area (Å²) in [7, 11) is 0. The van der Waals surface area contributed by atoms with Gasteiger partial charge >= 0.3 is 5.97 Å². The highest BCUT2D eigenvalue weighted by atomic mass is 19.1. The summed E-state index contributed by atoms with van der Waals surface area (Å²) in [5, 5.41) is 11.7. The molecule has 0 saturated carbocycles. The summed E-state index contributed by atoms with van der Waals surface area (Å²) in [6.45, 7) is 4.32. The molecule has 0 aliphatic carbocycles. The summed E-state index contributed by atoms with van der Waals surface area (Å²) < 4.78 is 26.0. The van der Waals surface area contributed by atoms with Crippen LogP contribution in [-0.2, 0) is 11.3 Å². The number of carbonyl (C=O) groups is 1. The summed E-state index contributed by atoms with van der Waals surface area (Å²) >= 11 is 0. The van der Waals surface area contributed by atoms with Crippen LogP contribution in [0.15, 0.2) is 18.2 Å². The number of benzene rings is 1. The van der Waals surface area contributed by atoms with Crippen molar-refractivity contribution in [1.82, 2.24) is 5.32 Å². The van der Waals surface area contributed by atoms with Gasteiger partial charge in [0.25, 0.3) is 0 Å². The van der Waals surface area contributed by atoms with Gasteiger partial charge in [-0.05, 0) is 11.5 Å². The van der Waals surface area contributed by atoms with E-state index in [1.54, 1.807) is 0 Å². The predicted octanol–water partition coefficient (Wildman–Crippen LogP) is 2.56. The van der Waals surface area contributed by atoms with Crippen molar-refractivity contribution in [3.8, 4) is 0 Å². The van der Waals surface area contributed by atoms with Crippen molar-refractivity contribution < 1.29 is 18.7 Å². The fourth-order valence-corrected chi connectivity index (χ4v) is 1.67. The molecule has 0 saturated heterocycles. The standard InChI is InChI=1S/C13H17F2NO2/c1-13(2,6-12(17)18)8-16-7-9-3-4-10(14)5-11(9)15/h3-5,16H,6-8H2,1-2H3,(H,17,18). The number of halogens is 2. The first-order valence-corrected chi connectivity index (χ1v) is 5.67. The van der Waals surface area contributed by atoms with Gasteiger partial charge in [-0.25, -0.2) is 8.78 Å². The Morgan fingerprint density at radius 2 is 2.06 bits per heavy atom. The molecule has 100 valence electrons. The lowest BCUT2D eigenvalue weighted by molar-refractivity contribution is -0.139. The third-order valence-corrected chi connectivity index (χ3v) is 2.56. The average Bonchev–Trinajstić information content (AvgIpc) is 2.19. The molecular weight excluding hydrogens is 240 g/mol. The molecule has 0 aliphatic rings. The molecule has 5 heteroatoms. The third kappa shape index (κ3) is 4.79. The van der Waals surface area contributed by atoms with Crippen molar-refractivity contribution in [2.45, 2.75) is 26.8 Å². The van der Waals surface area contributed by atoms with Gasteiger partial charge in [0.15, 0.2) is 0 Å². The van der Waals surface area contributed by atoms with Crippen LogP contribution in [0.1, 0.15) is 25.8 Å². The second-order valence-corrected chi connectivity index (χ2v) is 5.07. The first kappa shape index (κ1) is 14.6. The van der Waals surface area contributed by atoms with E-state index in [2.05, 4.69) is 5.32 Å². The van der Waals surface area contributed by atoms with Crippen molar-refractivity contribution in [2.24, 2.45) is 5.41 Å². The molecule has 3 nitrogen and oxygen atoms in total. The maximum Gasteiger partial charge on any atom is 0.303 e. The zero-order valence-electron chi connectivity index (χ0n) is 10.5. The van der Waals surface area contributed by atoms with Gasteiger partial charge in [0.1, 0.15) is 11.6 Å². The van der Waals surface area contributed by atoms with Crippen LogP contribution in [-0.4, -0.2) is 17.6 Å². The van der Waals surface area contributed by atoms with E-state index in [0.717, 1.165) is 6.07 Å². The summed E-state index contributed by atoms with van der Waals surface area (Å²) in [5.41, 5.74) is -0.0509. The number of carboxylic acid groups (broad SMARTS) is 1. The lowest BCUT2D eigenvalue weighted by Crippen LogP contribution is -2.31. The highest BCUT2D eigenvalue weighted by Gasteiger charge is 2.21. The second-order valence-electron chi connectivity index (χ2n) is 5.07. The Balaban J connectivity index is 2.48. The number of carboxylic acids is 1. The van der Waals surface area contributed by atoms with E-state index in [1.165, 1.54) is 12.1 Å². The zero-order chi connectivity index (χ0) is 13.8. The molecule has 0 amide bonds. The van der Waals surface area contributed by atoms with E-state index < -0.39 is 23.0 Å². The Morgan fingerprint density at radius 3 is 2.61 bits per heavy atom. The second kappa shape index (κ2) is 5.91. The predicted molar refractivity (Wildman–Crippen MR) is 64.1 cm³/mol. The third-order valence-electron chi connectivity index (χ3n) is 2.56. The Hall–Kier alpha value is -1.49. The van der Waals surface area contributed by atoms with E-state index in [9.17, 15) is 13.6 Å². The van der Waals surface area contributed by atoms with Crippen LogP contribution in [0.4, 0.5) is 8.78 Å². The van der Waals surface area contributed by atoms with Crippen LogP contribution < -0.4 is 5.32 Å². The van der Waals surface area contributed by atoms with E-state index in [0.29, 0.717) is 12.1 Å². The molecule has 0 fully saturated rings. The smallest absolute Gasteiger partial charge is 0.303 e. The Bertz CT molecular complexity index is 433. The highest BCUT2D eigenvalue weighted by molar-refractivity contribution is 5.67. The molecule has 0 atom stereocenters. The van der Waals surface area contributed by atoms with Gasteiger partial charge in [0, 0.05) is 24.7 Å². The molecule has 0 heterocycles. The lowest BCUT2D eigenvalue weighted by Gasteiger charge is -2.22.